The predicted octanol–water partition coefficient (Wildman–Crippen LogP) is 2.95. The van der Waals surface area contributed by atoms with Crippen LogP contribution < -0.4 is 5.32 Å². The molecule has 2 aromatic carbocycles. The summed E-state index contributed by atoms with van der Waals surface area (Å²) in [6, 6.07) is 21.1. The summed E-state index contributed by atoms with van der Waals surface area (Å²) in [5.74, 6) is -0.324. The van der Waals surface area contributed by atoms with Gasteiger partial charge in [-0.2, -0.15) is 0 Å². The van der Waals surface area contributed by atoms with Crippen LogP contribution in [0.1, 0.15) is 15.9 Å². The molecule has 1 N–H and O–H groups in total. The van der Waals surface area contributed by atoms with E-state index in [0.717, 1.165) is 16.7 Å². The number of amides is 2. The highest BCUT2D eigenvalue weighted by molar-refractivity contribution is 5.95. The third kappa shape index (κ3) is 4.49. The van der Waals surface area contributed by atoms with Crippen molar-refractivity contribution in [2.45, 2.75) is 12.0 Å². The van der Waals surface area contributed by atoms with Gasteiger partial charge in [-0.25, -0.2) is 0 Å². The van der Waals surface area contributed by atoms with E-state index < -0.39 is 5.60 Å². The van der Waals surface area contributed by atoms with Gasteiger partial charge in [0.1, 0.15) is 0 Å². The molecule has 158 valence electrons. The minimum Gasteiger partial charge on any atom is -0.361 e. The average Bonchev–Trinajstić information content (AvgIpc) is 2.84. The Kier molecular flexibility index (Phi) is 6.09. The first-order valence-corrected chi connectivity index (χ1v) is 10.3. The molecule has 0 saturated carbocycles. The number of morpholine rings is 1. The van der Waals surface area contributed by atoms with Gasteiger partial charge in [0, 0.05) is 38.0 Å². The van der Waals surface area contributed by atoms with Crippen LogP contribution in [-0.4, -0.2) is 54.0 Å². The zero-order valence-electron chi connectivity index (χ0n) is 17.5. The lowest BCUT2D eigenvalue weighted by molar-refractivity contribution is -0.156. The first kappa shape index (κ1) is 20.8. The number of hydrogen-bond donors (Lipinski definition) is 1. The van der Waals surface area contributed by atoms with Crippen molar-refractivity contribution in [3.63, 3.8) is 0 Å². The van der Waals surface area contributed by atoms with Gasteiger partial charge in [0.2, 0.25) is 0 Å². The maximum absolute atomic E-state index is 13.0. The largest absolute Gasteiger partial charge is 0.361 e. The van der Waals surface area contributed by atoms with Gasteiger partial charge < -0.3 is 15.0 Å². The highest BCUT2D eigenvalue weighted by Crippen LogP contribution is 2.27. The molecule has 3 aromatic rings. The minimum absolute atomic E-state index is 0.0947. The fourth-order valence-corrected chi connectivity index (χ4v) is 4.01. The molecule has 2 amide bonds. The summed E-state index contributed by atoms with van der Waals surface area (Å²) in [5, 5.41) is 2.73. The number of benzene rings is 2. The van der Waals surface area contributed by atoms with Crippen LogP contribution in [0, 0.1) is 0 Å². The molecular formula is C25H25N3O3. The Hall–Kier alpha value is -3.51. The number of pyridine rings is 1. The lowest BCUT2D eigenvalue weighted by Crippen LogP contribution is -2.61. The number of hydrogen-bond acceptors (Lipinski definition) is 4. The van der Waals surface area contributed by atoms with Crippen LogP contribution >= 0.6 is 0 Å². The summed E-state index contributed by atoms with van der Waals surface area (Å²) in [6.07, 6.45) is 3.88. The molecule has 6 nitrogen and oxygen atoms in total. The van der Waals surface area contributed by atoms with Gasteiger partial charge in [-0.3, -0.25) is 14.6 Å². The lowest BCUT2D eigenvalue weighted by Gasteiger charge is -2.41. The van der Waals surface area contributed by atoms with Crippen LogP contribution in [0.4, 0.5) is 0 Å². The molecular weight excluding hydrogens is 390 g/mol. The number of nitrogens with one attached hydrogen (secondary N) is 1. The molecule has 4 rings (SSSR count). The number of aromatic nitrogens is 1. The minimum atomic E-state index is -1.14. The van der Waals surface area contributed by atoms with E-state index in [9.17, 15) is 9.59 Å². The number of nitrogens with zero attached hydrogens (tertiary/aromatic N) is 2. The van der Waals surface area contributed by atoms with Crippen molar-refractivity contribution in [1.82, 2.24) is 15.2 Å². The fourth-order valence-electron chi connectivity index (χ4n) is 4.01. The Morgan fingerprint density at radius 3 is 2.55 bits per heavy atom. The van der Waals surface area contributed by atoms with Crippen molar-refractivity contribution in [3.8, 4) is 11.1 Å². The summed E-state index contributed by atoms with van der Waals surface area (Å²) in [7, 11) is 1.60. The number of carbonyl (C=O) groups is 2. The van der Waals surface area contributed by atoms with Crippen LogP contribution in [-0.2, 0) is 16.0 Å². The van der Waals surface area contributed by atoms with E-state index >= 15 is 0 Å². The van der Waals surface area contributed by atoms with E-state index in [4.69, 9.17) is 4.74 Å². The van der Waals surface area contributed by atoms with Crippen LogP contribution in [0.5, 0.6) is 0 Å². The zero-order chi connectivity index (χ0) is 21.7. The average molecular weight is 415 g/mol. The molecule has 1 atom stereocenters. The van der Waals surface area contributed by atoms with Gasteiger partial charge in [0.15, 0.2) is 5.60 Å². The first-order valence-electron chi connectivity index (χ1n) is 10.3. The van der Waals surface area contributed by atoms with Crippen molar-refractivity contribution in [2.24, 2.45) is 0 Å². The fraction of sp³-hybridized carbons (Fsp3) is 0.240. The van der Waals surface area contributed by atoms with E-state index in [2.05, 4.69) is 16.4 Å². The Bertz CT molecular complexity index is 1060. The lowest BCUT2D eigenvalue weighted by atomic mass is 9.89. The molecule has 0 aliphatic carbocycles. The Balaban J connectivity index is 1.61. The summed E-state index contributed by atoms with van der Waals surface area (Å²) < 4.78 is 6.07. The van der Waals surface area contributed by atoms with E-state index in [0.29, 0.717) is 25.1 Å². The molecule has 0 radical (unpaired) electrons. The third-order valence-corrected chi connectivity index (χ3v) is 5.56. The van der Waals surface area contributed by atoms with E-state index in [-0.39, 0.29) is 18.4 Å². The van der Waals surface area contributed by atoms with Crippen LogP contribution in [0.25, 0.3) is 11.1 Å². The Morgan fingerprint density at radius 1 is 1.03 bits per heavy atom. The number of ether oxygens (including phenoxy) is 1. The molecule has 1 aliphatic heterocycles. The van der Waals surface area contributed by atoms with Crippen LogP contribution in [0.3, 0.4) is 0 Å². The van der Waals surface area contributed by atoms with Crippen molar-refractivity contribution in [2.75, 3.05) is 26.7 Å². The molecule has 2 heterocycles. The topological polar surface area (TPSA) is 71.5 Å². The van der Waals surface area contributed by atoms with Gasteiger partial charge >= 0.3 is 0 Å². The van der Waals surface area contributed by atoms with Gasteiger partial charge in [-0.05, 0) is 41.0 Å². The predicted molar refractivity (Wildman–Crippen MR) is 118 cm³/mol. The number of carbonyl (C=O) groups excluding carboxylic acids is 2. The monoisotopic (exact) mass is 415 g/mol. The van der Waals surface area contributed by atoms with E-state index in [1.807, 2.05) is 48.5 Å². The number of likely N-dealkylation sites (N-methyl/N-ethyl adjacent to an activating group) is 1. The van der Waals surface area contributed by atoms with Crippen molar-refractivity contribution < 1.29 is 14.3 Å². The van der Waals surface area contributed by atoms with Crippen LogP contribution in [0.15, 0.2) is 79.1 Å². The second-order valence-corrected chi connectivity index (χ2v) is 7.63. The van der Waals surface area contributed by atoms with Gasteiger partial charge in [-0.1, -0.05) is 42.5 Å². The molecule has 1 saturated heterocycles. The maximum Gasteiger partial charge on any atom is 0.254 e. The van der Waals surface area contributed by atoms with E-state index in [1.165, 1.54) is 0 Å². The summed E-state index contributed by atoms with van der Waals surface area (Å²) in [5.41, 5.74) is 2.52. The van der Waals surface area contributed by atoms with Gasteiger partial charge in [0.25, 0.3) is 11.8 Å². The molecule has 0 spiro atoms. The SMILES string of the molecule is CNC(=O)[C@]1(Cc2cccc(-c3ccncc3)c2)CN(C(=O)c2ccccc2)CCO1. The summed E-state index contributed by atoms with van der Waals surface area (Å²) in [4.78, 5) is 31.8. The van der Waals surface area contributed by atoms with Crippen molar-refractivity contribution in [3.05, 3.63) is 90.3 Å². The molecule has 6 heteroatoms. The third-order valence-electron chi connectivity index (χ3n) is 5.56. The second kappa shape index (κ2) is 9.10. The molecule has 31 heavy (non-hydrogen) atoms. The maximum atomic E-state index is 13.0. The summed E-state index contributed by atoms with van der Waals surface area (Å²) >= 11 is 0. The van der Waals surface area contributed by atoms with Gasteiger partial charge in [-0.15, -0.1) is 0 Å². The zero-order valence-corrected chi connectivity index (χ0v) is 17.5. The molecule has 1 aliphatic rings. The van der Waals surface area contributed by atoms with Crippen molar-refractivity contribution in [1.29, 1.82) is 0 Å². The van der Waals surface area contributed by atoms with Gasteiger partial charge in [0.05, 0.1) is 13.2 Å². The smallest absolute Gasteiger partial charge is 0.254 e. The van der Waals surface area contributed by atoms with Crippen molar-refractivity contribution >= 4 is 11.8 Å². The second-order valence-electron chi connectivity index (χ2n) is 7.63. The van der Waals surface area contributed by atoms with E-state index in [1.54, 1.807) is 36.5 Å². The number of rotatable bonds is 5. The standard InChI is InChI=1S/C25H25N3O3/c1-26-24(30)25(17-19-6-5-9-22(16-19)20-10-12-27-13-11-20)18-28(14-15-31-25)23(29)21-7-3-2-4-8-21/h2-13,16H,14-15,17-18H2,1H3,(H,26,30)/t25-/m0/s1. The van der Waals surface area contributed by atoms with Crippen LogP contribution in [0.2, 0.25) is 0 Å². The first-order chi connectivity index (χ1) is 15.1. The normalized spacial score (nSPS) is 18.4. The molecule has 1 fully saturated rings. The Labute approximate surface area is 181 Å². The summed E-state index contributed by atoms with van der Waals surface area (Å²) in [6.45, 7) is 0.944. The molecule has 1 aromatic heterocycles. The highest BCUT2D eigenvalue weighted by atomic mass is 16.5. The quantitative estimate of drug-likeness (QED) is 0.696. The Morgan fingerprint density at radius 2 is 1.81 bits per heavy atom. The highest BCUT2D eigenvalue weighted by Gasteiger charge is 2.44. The molecule has 0 bridgehead atoms. The molecule has 0 unspecified atom stereocenters.